The van der Waals surface area contributed by atoms with Gasteiger partial charge in [-0.15, -0.1) is 0 Å². The lowest BCUT2D eigenvalue weighted by Crippen LogP contribution is -2.56. The summed E-state index contributed by atoms with van der Waals surface area (Å²) in [5, 5.41) is 0. The van der Waals surface area contributed by atoms with Crippen LogP contribution in [0.3, 0.4) is 0 Å². The molecule has 3 unspecified atom stereocenters. The summed E-state index contributed by atoms with van der Waals surface area (Å²) in [7, 11) is 4.41. The highest BCUT2D eigenvalue weighted by Crippen LogP contribution is 2.29. The maximum Gasteiger partial charge on any atom is 0.503 e. The molecule has 0 N–H and O–H groups in total. The van der Waals surface area contributed by atoms with Crippen LogP contribution in [-0.4, -0.2) is 104 Å². The summed E-state index contributed by atoms with van der Waals surface area (Å²) < 4.78 is 53.4. The van der Waals surface area contributed by atoms with Crippen molar-refractivity contribution < 1.29 is 39.8 Å². The van der Waals surface area contributed by atoms with Gasteiger partial charge < -0.3 is 39.8 Å². The predicted octanol–water partition coefficient (Wildman–Crippen LogP) is 1.15. The molecule has 0 radical (unpaired) electrons. The van der Waals surface area contributed by atoms with Gasteiger partial charge in [-0.3, -0.25) is 0 Å². The fourth-order valence-electron chi connectivity index (χ4n) is 5.32. The van der Waals surface area contributed by atoms with Crippen molar-refractivity contribution in [2.75, 3.05) is 64.0 Å². The van der Waals surface area contributed by atoms with Gasteiger partial charge >= 0.3 is 43.5 Å². The van der Waals surface area contributed by atoms with Gasteiger partial charge in [0.1, 0.15) is 0 Å². The minimum Gasteiger partial charge on any atom is -0.377 e. The summed E-state index contributed by atoms with van der Waals surface area (Å²) in [5.74, 6) is 0. The molecular formula is C24H51N3O12Si3. The number of nitrogens with zero attached hydrogens (tertiary/aromatic N) is 3. The summed E-state index contributed by atoms with van der Waals surface area (Å²) in [5.41, 5.74) is -2.85. The molecule has 1 rings (SSSR count). The molecule has 0 amide bonds. The van der Waals surface area contributed by atoms with Crippen LogP contribution in [0.25, 0.3) is 0 Å². The van der Waals surface area contributed by atoms with Crippen LogP contribution >= 0.6 is 0 Å². The van der Waals surface area contributed by atoms with Crippen LogP contribution in [0, 0.1) is 0 Å². The van der Waals surface area contributed by atoms with Crippen LogP contribution < -0.4 is 17.1 Å². The predicted molar refractivity (Wildman–Crippen MR) is 162 cm³/mol. The molecule has 3 atom stereocenters. The van der Waals surface area contributed by atoms with E-state index < -0.39 is 43.5 Å². The highest BCUT2D eigenvalue weighted by Gasteiger charge is 2.46. The van der Waals surface area contributed by atoms with Gasteiger partial charge in [0.15, 0.2) is 0 Å². The summed E-state index contributed by atoms with van der Waals surface area (Å²) in [6.07, 6.45) is 1.01. The molecule has 0 bridgehead atoms. The van der Waals surface area contributed by atoms with Crippen molar-refractivity contribution in [3.63, 3.8) is 0 Å². The zero-order valence-electron chi connectivity index (χ0n) is 27.2. The molecule has 0 aromatic carbocycles. The zero-order chi connectivity index (χ0) is 32.3. The third kappa shape index (κ3) is 8.04. The molecule has 0 spiro atoms. The molecule has 1 aromatic heterocycles. The fourth-order valence-corrected chi connectivity index (χ4v) is 11.9. The molecule has 0 saturated carbocycles. The van der Waals surface area contributed by atoms with Crippen LogP contribution in [-0.2, 0) is 59.5 Å². The third-order valence-corrected chi connectivity index (χ3v) is 17.7. The lowest BCUT2D eigenvalue weighted by atomic mass is 10.3. The summed E-state index contributed by atoms with van der Waals surface area (Å²) >= 11 is 0. The molecule has 15 nitrogen and oxygen atoms in total. The first kappa shape index (κ1) is 38.7. The van der Waals surface area contributed by atoms with Gasteiger partial charge in [0.25, 0.3) is 0 Å². The lowest BCUT2D eigenvalue weighted by molar-refractivity contribution is 0.111. The van der Waals surface area contributed by atoms with Crippen molar-refractivity contribution >= 4 is 26.4 Å². The van der Waals surface area contributed by atoms with E-state index in [0.717, 1.165) is 13.7 Å². The molecule has 246 valence electrons. The third-order valence-electron chi connectivity index (χ3n) is 8.11. The molecule has 0 aliphatic carbocycles. The Bertz CT molecular complexity index is 939. The molecule has 0 saturated heterocycles. The standard InChI is InChI=1S/C24H51N3O12Si3/c1-19(40(31-4,32-5)33-6)13-16-25-22(28)26(17-14-20(2)41(34-7,35-8)36-9)24(30)27(23(25)29)18-15-21(3)42(37-10,38-11)39-12/h19-21H,13-18H2,1-12H3. The Morgan fingerprint density at radius 3 is 0.738 bits per heavy atom. The smallest absolute Gasteiger partial charge is 0.377 e. The Labute approximate surface area is 251 Å². The second-order valence-corrected chi connectivity index (χ2v) is 20.3. The van der Waals surface area contributed by atoms with Crippen molar-refractivity contribution in [2.24, 2.45) is 0 Å². The van der Waals surface area contributed by atoms with E-state index in [1.807, 2.05) is 20.8 Å². The molecule has 0 aliphatic heterocycles. The SMILES string of the molecule is CO[Si](OC)(OC)C(C)CCn1c(=O)n(CCC(C)[Si](OC)(OC)OC)c(=O)n(CCC(C)[Si](OC)(OC)OC)c1=O. The largest absolute Gasteiger partial charge is 0.503 e. The first-order valence-corrected chi connectivity index (χ1v) is 19.1. The molecule has 1 heterocycles. The van der Waals surface area contributed by atoms with E-state index in [9.17, 15) is 14.4 Å². The van der Waals surface area contributed by atoms with Crippen molar-refractivity contribution in [1.29, 1.82) is 0 Å². The monoisotopic (exact) mass is 657 g/mol. The summed E-state index contributed by atoms with van der Waals surface area (Å²) in [6.45, 7) is 5.69. The Morgan fingerprint density at radius 1 is 0.429 bits per heavy atom. The van der Waals surface area contributed by atoms with Crippen LogP contribution in [0.15, 0.2) is 14.4 Å². The zero-order valence-corrected chi connectivity index (χ0v) is 30.2. The van der Waals surface area contributed by atoms with Crippen molar-refractivity contribution in [1.82, 2.24) is 13.7 Å². The van der Waals surface area contributed by atoms with E-state index in [4.69, 9.17) is 39.8 Å². The van der Waals surface area contributed by atoms with Crippen LogP contribution in [0.2, 0.25) is 16.6 Å². The second kappa shape index (κ2) is 17.3. The first-order valence-electron chi connectivity index (χ1n) is 13.7. The number of hydrogen-bond donors (Lipinski definition) is 0. The van der Waals surface area contributed by atoms with Gasteiger partial charge in [0, 0.05) is 100 Å². The maximum absolute atomic E-state index is 13.6. The molecule has 42 heavy (non-hydrogen) atoms. The normalized spacial score (nSPS) is 15.1. The van der Waals surface area contributed by atoms with E-state index in [2.05, 4.69) is 0 Å². The minimum absolute atomic E-state index is 0.0227. The highest BCUT2D eigenvalue weighted by atomic mass is 28.4. The average Bonchev–Trinajstić information content (AvgIpc) is 3.00. The second-order valence-electron chi connectivity index (χ2n) is 10.0. The van der Waals surface area contributed by atoms with Crippen LogP contribution in [0.1, 0.15) is 40.0 Å². The van der Waals surface area contributed by atoms with Crippen molar-refractivity contribution in [3.05, 3.63) is 31.5 Å². The fraction of sp³-hybridized carbons (Fsp3) is 0.875. The Kier molecular flexibility index (Phi) is 15.9. The number of rotatable bonds is 21. The van der Waals surface area contributed by atoms with Crippen molar-refractivity contribution in [2.45, 2.75) is 76.3 Å². The average molecular weight is 658 g/mol. The van der Waals surface area contributed by atoms with E-state index in [-0.39, 0.29) is 36.3 Å². The minimum atomic E-state index is -3.04. The quantitative estimate of drug-likeness (QED) is 0.175. The molecule has 1 aromatic rings. The number of hydrogen-bond acceptors (Lipinski definition) is 12. The maximum atomic E-state index is 13.6. The molecule has 0 fully saturated rings. The Balaban J connectivity index is 3.59. The molecule has 0 aliphatic rings. The highest BCUT2D eigenvalue weighted by molar-refractivity contribution is 6.62. The summed E-state index contributed by atoms with van der Waals surface area (Å²) in [4.78, 5) is 40.9. The van der Waals surface area contributed by atoms with Gasteiger partial charge in [-0.25, -0.2) is 28.1 Å². The molecule has 18 heteroatoms. The van der Waals surface area contributed by atoms with Crippen LogP contribution in [0.4, 0.5) is 0 Å². The summed E-state index contributed by atoms with van der Waals surface area (Å²) in [6, 6.07) is 0. The number of aromatic nitrogens is 3. The van der Waals surface area contributed by atoms with E-state index in [1.165, 1.54) is 64.0 Å². The van der Waals surface area contributed by atoms with Gasteiger partial charge in [-0.2, -0.15) is 0 Å². The lowest BCUT2D eigenvalue weighted by Gasteiger charge is -2.31. The first-order chi connectivity index (χ1) is 19.8. The van der Waals surface area contributed by atoms with E-state index >= 15 is 0 Å². The topological polar surface area (TPSA) is 149 Å². The Hall–Kier alpha value is -1.30. The van der Waals surface area contributed by atoms with Gasteiger partial charge in [0.2, 0.25) is 0 Å². The van der Waals surface area contributed by atoms with Gasteiger partial charge in [-0.05, 0) is 19.3 Å². The van der Waals surface area contributed by atoms with Crippen LogP contribution in [0.5, 0.6) is 0 Å². The van der Waals surface area contributed by atoms with E-state index in [1.54, 1.807) is 0 Å². The van der Waals surface area contributed by atoms with Gasteiger partial charge in [-0.1, -0.05) is 20.8 Å². The van der Waals surface area contributed by atoms with E-state index in [0.29, 0.717) is 19.3 Å². The Morgan fingerprint density at radius 2 is 0.595 bits per heavy atom. The van der Waals surface area contributed by atoms with Crippen molar-refractivity contribution in [3.8, 4) is 0 Å². The van der Waals surface area contributed by atoms with Gasteiger partial charge in [0.05, 0.1) is 0 Å². The molecular weight excluding hydrogens is 607 g/mol.